The summed E-state index contributed by atoms with van der Waals surface area (Å²) in [6, 6.07) is 22.4. The van der Waals surface area contributed by atoms with Crippen molar-refractivity contribution in [3.8, 4) is 0 Å². The zero-order valence-electron chi connectivity index (χ0n) is 26.7. The van der Waals surface area contributed by atoms with Gasteiger partial charge >= 0.3 is 0 Å². The summed E-state index contributed by atoms with van der Waals surface area (Å²) in [5, 5.41) is 17.4. The number of aliphatic hydroxyl groups is 1. The fourth-order valence-corrected chi connectivity index (χ4v) is 6.24. The van der Waals surface area contributed by atoms with Crippen molar-refractivity contribution >= 4 is 27.5 Å². The molecule has 0 aliphatic carbocycles. The number of sulfonamides is 1. The summed E-state index contributed by atoms with van der Waals surface area (Å²) in [5.41, 5.74) is 2.27. The minimum Gasteiger partial charge on any atom is -0.390 e. The number of likely N-dealkylation sites (N-methyl/N-ethyl adjacent to an activating group) is 1. The van der Waals surface area contributed by atoms with Crippen LogP contribution in [-0.2, 0) is 16.4 Å². The molecule has 1 aliphatic rings. The molecule has 1 saturated heterocycles. The lowest BCUT2D eigenvalue weighted by Crippen LogP contribution is -2.52. The van der Waals surface area contributed by atoms with Crippen LogP contribution in [0.2, 0.25) is 0 Å². The fraction of sp³-hybridized carbons (Fsp3) is 0.412. The first-order valence-electron chi connectivity index (χ1n) is 15.2. The number of amides is 2. The summed E-state index contributed by atoms with van der Waals surface area (Å²) in [4.78, 5) is 31.6. The molecule has 4 unspecified atom stereocenters. The van der Waals surface area contributed by atoms with Crippen molar-refractivity contribution in [2.75, 3.05) is 44.8 Å². The first-order valence-corrected chi connectivity index (χ1v) is 17.1. The first-order chi connectivity index (χ1) is 21.3. The molecule has 3 N–H and O–H groups in total. The molecule has 4 rings (SSSR count). The quantitative estimate of drug-likeness (QED) is 0.264. The van der Waals surface area contributed by atoms with Crippen molar-refractivity contribution in [2.45, 2.75) is 50.5 Å². The Labute approximate surface area is 267 Å². The van der Waals surface area contributed by atoms with Crippen molar-refractivity contribution in [3.05, 3.63) is 101 Å². The Kier molecular flexibility index (Phi) is 11.4. The predicted octanol–water partition coefficient (Wildman–Crippen LogP) is 3.26. The van der Waals surface area contributed by atoms with Crippen LogP contribution in [0.15, 0.2) is 78.9 Å². The van der Waals surface area contributed by atoms with E-state index < -0.39 is 34.0 Å². The highest BCUT2D eigenvalue weighted by atomic mass is 32.2. The largest absolute Gasteiger partial charge is 0.390 e. The molecule has 1 fully saturated rings. The summed E-state index contributed by atoms with van der Waals surface area (Å²) in [5.74, 6) is -0.975. The van der Waals surface area contributed by atoms with Crippen molar-refractivity contribution in [1.29, 1.82) is 0 Å². The molecule has 242 valence electrons. The van der Waals surface area contributed by atoms with Crippen LogP contribution < -0.4 is 14.9 Å². The minimum atomic E-state index is -3.69. The maximum absolute atomic E-state index is 13.8. The zero-order chi connectivity index (χ0) is 32.7. The molecule has 2 amide bonds. The number of likely N-dealkylation sites (tertiary alicyclic amines) is 1. The van der Waals surface area contributed by atoms with Gasteiger partial charge in [-0.15, -0.1) is 0 Å². The maximum atomic E-state index is 13.8. The molecule has 45 heavy (non-hydrogen) atoms. The van der Waals surface area contributed by atoms with Crippen molar-refractivity contribution in [2.24, 2.45) is 0 Å². The fourth-order valence-electron chi connectivity index (χ4n) is 5.75. The standard InChI is InChI=1S/C34H45N5O5S/c1-24(26-15-10-7-11-16-26)35-33(41)27-20-28(22-29(21-27)39(4)45(5,43)44)34(42)36-30(19-25-13-8-6-9-14-25)31(40)23-38(3)32-17-12-18-37(32)2/h6-11,13-16,20-22,24,30-32,40H,12,17-19,23H2,1-5H3,(H,35,41)(H,36,42). The van der Waals surface area contributed by atoms with Crippen LogP contribution in [-0.4, -0.2) is 93.9 Å². The Bertz CT molecular complexity index is 1550. The number of hydrogen-bond acceptors (Lipinski definition) is 7. The number of carbonyl (C=O) groups excluding carboxylic acids is 2. The van der Waals surface area contributed by atoms with E-state index in [-0.39, 0.29) is 29.0 Å². The second-order valence-corrected chi connectivity index (χ2v) is 14.0. The summed E-state index contributed by atoms with van der Waals surface area (Å²) in [6.45, 7) is 3.19. The molecule has 0 radical (unpaired) electrons. The van der Waals surface area contributed by atoms with Gasteiger partial charge in [0.05, 0.1) is 36.3 Å². The maximum Gasteiger partial charge on any atom is 0.251 e. The summed E-state index contributed by atoms with van der Waals surface area (Å²) in [7, 11) is 1.73. The Balaban J connectivity index is 1.62. The van der Waals surface area contributed by atoms with Crippen molar-refractivity contribution < 1.29 is 23.1 Å². The smallest absolute Gasteiger partial charge is 0.251 e. The topological polar surface area (TPSA) is 122 Å². The highest BCUT2D eigenvalue weighted by Gasteiger charge is 2.30. The Morgan fingerprint density at radius 3 is 2.09 bits per heavy atom. The lowest BCUT2D eigenvalue weighted by atomic mass is 9.99. The molecule has 0 aromatic heterocycles. The first kappa shape index (κ1) is 34.1. The van der Waals surface area contributed by atoms with E-state index in [0.717, 1.165) is 41.1 Å². The molecule has 3 aromatic carbocycles. The molecule has 1 aliphatic heterocycles. The van der Waals surface area contributed by atoms with Gasteiger partial charge in [0.15, 0.2) is 0 Å². The second kappa shape index (κ2) is 15.0. The van der Waals surface area contributed by atoms with E-state index in [1.807, 2.05) is 74.6 Å². The lowest BCUT2D eigenvalue weighted by Gasteiger charge is -2.34. The van der Waals surface area contributed by atoms with Crippen LogP contribution in [0.1, 0.15) is 57.7 Å². The molecule has 0 bridgehead atoms. The SMILES string of the molecule is CC(NC(=O)c1cc(C(=O)NC(Cc2ccccc2)C(O)CN(C)C2CCCN2C)cc(N(C)S(C)(=O)=O)c1)c1ccccc1. The average Bonchev–Trinajstić information content (AvgIpc) is 3.46. The third kappa shape index (κ3) is 9.13. The van der Waals surface area contributed by atoms with Crippen LogP contribution in [0, 0.1) is 0 Å². The molecular weight excluding hydrogens is 590 g/mol. The van der Waals surface area contributed by atoms with Gasteiger partial charge in [-0.05, 0) is 76.2 Å². The normalized spacial score (nSPS) is 17.4. The van der Waals surface area contributed by atoms with Crippen LogP contribution in [0.3, 0.4) is 0 Å². The van der Waals surface area contributed by atoms with E-state index in [9.17, 15) is 23.1 Å². The molecule has 1 heterocycles. The average molecular weight is 636 g/mol. The minimum absolute atomic E-state index is 0.106. The van der Waals surface area contributed by atoms with Crippen LogP contribution in [0.25, 0.3) is 0 Å². The molecule has 4 atom stereocenters. The summed E-state index contributed by atoms with van der Waals surface area (Å²) < 4.78 is 25.9. The van der Waals surface area contributed by atoms with Crippen LogP contribution in [0.5, 0.6) is 0 Å². The summed E-state index contributed by atoms with van der Waals surface area (Å²) in [6.07, 6.45) is 2.84. The monoisotopic (exact) mass is 635 g/mol. The molecule has 0 spiro atoms. The van der Waals surface area contributed by atoms with Crippen LogP contribution >= 0.6 is 0 Å². The molecule has 3 aromatic rings. The van der Waals surface area contributed by atoms with E-state index in [4.69, 9.17) is 0 Å². The molecular formula is C34H45N5O5S. The van der Waals surface area contributed by atoms with Gasteiger partial charge in [-0.1, -0.05) is 60.7 Å². The lowest BCUT2D eigenvalue weighted by molar-refractivity contribution is 0.0395. The third-order valence-electron chi connectivity index (χ3n) is 8.50. The number of aliphatic hydroxyl groups excluding tert-OH is 1. The Hall–Kier alpha value is -3.77. The van der Waals surface area contributed by atoms with E-state index >= 15 is 0 Å². The molecule has 11 heteroatoms. The van der Waals surface area contributed by atoms with E-state index in [1.54, 1.807) is 0 Å². The number of carbonyl (C=O) groups is 2. The zero-order valence-corrected chi connectivity index (χ0v) is 27.5. The second-order valence-electron chi connectivity index (χ2n) is 12.0. The molecule has 0 saturated carbocycles. The number of anilines is 1. The van der Waals surface area contributed by atoms with Crippen molar-refractivity contribution in [3.63, 3.8) is 0 Å². The number of nitrogens with one attached hydrogen (secondary N) is 2. The van der Waals surface area contributed by atoms with Gasteiger partial charge in [-0.3, -0.25) is 23.7 Å². The third-order valence-corrected chi connectivity index (χ3v) is 9.70. The Morgan fingerprint density at radius 1 is 0.956 bits per heavy atom. The molecule has 10 nitrogen and oxygen atoms in total. The number of rotatable bonds is 13. The van der Waals surface area contributed by atoms with Gasteiger partial charge in [-0.2, -0.15) is 0 Å². The van der Waals surface area contributed by atoms with E-state index in [0.29, 0.717) is 13.0 Å². The van der Waals surface area contributed by atoms with Gasteiger partial charge in [0, 0.05) is 24.7 Å². The van der Waals surface area contributed by atoms with Gasteiger partial charge in [-0.25, -0.2) is 8.42 Å². The highest BCUT2D eigenvalue weighted by molar-refractivity contribution is 7.92. The Morgan fingerprint density at radius 2 is 1.53 bits per heavy atom. The van der Waals surface area contributed by atoms with E-state index in [2.05, 4.69) is 27.5 Å². The van der Waals surface area contributed by atoms with Gasteiger partial charge in [0.1, 0.15) is 0 Å². The van der Waals surface area contributed by atoms with Gasteiger partial charge in [0.25, 0.3) is 11.8 Å². The number of nitrogens with zero attached hydrogens (tertiary/aromatic N) is 3. The van der Waals surface area contributed by atoms with E-state index in [1.165, 1.54) is 25.2 Å². The number of benzene rings is 3. The summed E-state index contributed by atoms with van der Waals surface area (Å²) >= 11 is 0. The van der Waals surface area contributed by atoms with Crippen LogP contribution in [0.4, 0.5) is 5.69 Å². The number of hydrogen-bond donors (Lipinski definition) is 3. The van der Waals surface area contributed by atoms with Gasteiger partial charge in [0.2, 0.25) is 10.0 Å². The predicted molar refractivity (Wildman–Crippen MR) is 178 cm³/mol. The van der Waals surface area contributed by atoms with Gasteiger partial charge < -0.3 is 15.7 Å². The highest BCUT2D eigenvalue weighted by Crippen LogP contribution is 2.23. The van der Waals surface area contributed by atoms with Crippen molar-refractivity contribution in [1.82, 2.24) is 20.4 Å².